The number of aliphatic hydroxyl groups excluding tert-OH is 1. The predicted molar refractivity (Wildman–Crippen MR) is 60.5 cm³/mol. The number of hydrogen-bond acceptors (Lipinski definition) is 4. The summed E-state index contributed by atoms with van der Waals surface area (Å²) in [4.78, 5) is 10.6. The van der Waals surface area contributed by atoms with Gasteiger partial charge >= 0.3 is 5.97 Å². The molecule has 17 heavy (non-hydrogen) atoms. The number of piperidine rings is 1. The van der Waals surface area contributed by atoms with Crippen molar-refractivity contribution in [3.05, 3.63) is 0 Å². The zero-order chi connectivity index (χ0) is 13.1. The van der Waals surface area contributed by atoms with Gasteiger partial charge in [0, 0.05) is 13.1 Å². The van der Waals surface area contributed by atoms with Gasteiger partial charge in [0.25, 0.3) is 10.2 Å². The van der Waals surface area contributed by atoms with Crippen LogP contribution in [0.5, 0.6) is 0 Å². The number of aliphatic hydroxyl groups is 1. The van der Waals surface area contributed by atoms with Gasteiger partial charge in [0.1, 0.15) is 6.04 Å². The van der Waals surface area contributed by atoms with Crippen LogP contribution >= 0.6 is 0 Å². The van der Waals surface area contributed by atoms with Crippen molar-refractivity contribution in [1.82, 2.24) is 9.03 Å². The summed E-state index contributed by atoms with van der Waals surface area (Å²) in [6, 6.07) is -1.49. The van der Waals surface area contributed by atoms with Crippen molar-refractivity contribution in [2.45, 2.75) is 25.8 Å². The minimum atomic E-state index is -3.83. The number of hydrogen-bond donors (Lipinski definition) is 3. The summed E-state index contributed by atoms with van der Waals surface area (Å²) in [6.45, 7) is 1.95. The second-order valence-electron chi connectivity index (χ2n) is 4.30. The fourth-order valence-electron chi connectivity index (χ4n) is 1.78. The van der Waals surface area contributed by atoms with Gasteiger partial charge in [-0.1, -0.05) is 6.92 Å². The van der Waals surface area contributed by atoms with E-state index < -0.39 is 28.8 Å². The van der Waals surface area contributed by atoms with Crippen LogP contribution in [0.3, 0.4) is 0 Å². The van der Waals surface area contributed by atoms with Gasteiger partial charge in [0.05, 0.1) is 6.61 Å². The molecule has 1 saturated heterocycles. The van der Waals surface area contributed by atoms with E-state index in [0.29, 0.717) is 13.1 Å². The highest BCUT2D eigenvalue weighted by atomic mass is 32.2. The molecule has 1 aliphatic rings. The number of nitrogens with one attached hydrogen (secondary N) is 1. The molecule has 0 saturated carbocycles. The quantitative estimate of drug-likeness (QED) is 0.591. The minimum Gasteiger partial charge on any atom is -0.480 e. The van der Waals surface area contributed by atoms with Gasteiger partial charge in [0.2, 0.25) is 0 Å². The normalized spacial score (nSPS) is 24.5. The van der Waals surface area contributed by atoms with E-state index in [1.165, 1.54) is 4.31 Å². The number of carboxylic acids is 1. The highest BCUT2D eigenvalue weighted by molar-refractivity contribution is 7.87. The first-order valence-corrected chi connectivity index (χ1v) is 6.92. The molecule has 0 radical (unpaired) electrons. The average Bonchev–Trinajstić information content (AvgIpc) is 2.25. The Balaban J connectivity index is 2.70. The van der Waals surface area contributed by atoms with Crippen molar-refractivity contribution in [3.8, 4) is 0 Å². The standard InChI is InChI=1S/C9H18N2O5S/c1-7-3-2-4-11(5-7)17(15,16)10-8(6-12)9(13)14/h7-8,10,12H,2-6H2,1H3,(H,13,14). The topological polar surface area (TPSA) is 107 Å². The van der Waals surface area contributed by atoms with Gasteiger partial charge < -0.3 is 10.2 Å². The van der Waals surface area contributed by atoms with Crippen molar-refractivity contribution < 1.29 is 23.4 Å². The molecule has 100 valence electrons. The average molecular weight is 266 g/mol. The van der Waals surface area contributed by atoms with E-state index in [4.69, 9.17) is 10.2 Å². The number of carbonyl (C=O) groups is 1. The zero-order valence-electron chi connectivity index (χ0n) is 9.66. The molecule has 0 bridgehead atoms. The lowest BCUT2D eigenvalue weighted by Crippen LogP contribution is -2.52. The van der Waals surface area contributed by atoms with Gasteiger partial charge in [-0.15, -0.1) is 0 Å². The fourth-order valence-corrected chi connectivity index (χ4v) is 3.29. The maximum absolute atomic E-state index is 11.8. The molecule has 0 amide bonds. The number of rotatable bonds is 5. The van der Waals surface area contributed by atoms with Gasteiger partial charge in [0.15, 0.2) is 0 Å². The van der Waals surface area contributed by atoms with Crippen molar-refractivity contribution in [1.29, 1.82) is 0 Å². The monoisotopic (exact) mass is 266 g/mol. The Morgan fingerprint density at radius 1 is 1.59 bits per heavy atom. The summed E-state index contributed by atoms with van der Waals surface area (Å²) in [5, 5.41) is 17.5. The molecule has 1 rings (SSSR count). The summed E-state index contributed by atoms with van der Waals surface area (Å²) in [5.41, 5.74) is 0. The molecule has 1 heterocycles. The molecular formula is C9H18N2O5S. The molecule has 0 aromatic carbocycles. The van der Waals surface area contributed by atoms with Crippen LogP contribution in [0.4, 0.5) is 0 Å². The summed E-state index contributed by atoms with van der Waals surface area (Å²) in [5.74, 6) is -1.13. The van der Waals surface area contributed by atoms with Crippen LogP contribution in [0.1, 0.15) is 19.8 Å². The molecule has 0 aliphatic carbocycles. The predicted octanol–water partition coefficient (Wildman–Crippen LogP) is -1.00. The SMILES string of the molecule is CC1CCCN(S(=O)(=O)NC(CO)C(=O)O)C1. The molecule has 0 spiro atoms. The number of nitrogens with zero attached hydrogens (tertiary/aromatic N) is 1. The first-order valence-electron chi connectivity index (χ1n) is 5.48. The van der Waals surface area contributed by atoms with E-state index in [9.17, 15) is 13.2 Å². The minimum absolute atomic E-state index is 0.262. The highest BCUT2D eigenvalue weighted by Crippen LogP contribution is 2.17. The lowest BCUT2D eigenvalue weighted by molar-refractivity contribution is -0.139. The molecule has 0 aromatic heterocycles. The van der Waals surface area contributed by atoms with E-state index in [-0.39, 0.29) is 5.92 Å². The largest absolute Gasteiger partial charge is 0.480 e. The van der Waals surface area contributed by atoms with E-state index >= 15 is 0 Å². The van der Waals surface area contributed by atoms with Crippen molar-refractivity contribution in [2.75, 3.05) is 19.7 Å². The molecule has 2 atom stereocenters. The first kappa shape index (κ1) is 14.4. The Labute approximate surface area is 101 Å². The third kappa shape index (κ3) is 3.91. The van der Waals surface area contributed by atoms with Gasteiger partial charge in [-0.2, -0.15) is 17.4 Å². The lowest BCUT2D eigenvalue weighted by Gasteiger charge is -2.30. The molecule has 8 heteroatoms. The van der Waals surface area contributed by atoms with Crippen LogP contribution in [0.15, 0.2) is 0 Å². The third-order valence-electron chi connectivity index (χ3n) is 2.73. The molecule has 7 nitrogen and oxygen atoms in total. The van der Waals surface area contributed by atoms with E-state index in [1.807, 2.05) is 11.6 Å². The van der Waals surface area contributed by atoms with E-state index in [0.717, 1.165) is 12.8 Å². The second-order valence-corrected chi connectivity index (χ2v) is 6.00. The van der Waals surface area contributed by atoms with Crippen LogP contribution in [-0.2, 0) is 15.0 Å². The van der Waals surface area contributed by atoms with Gasteiger partial charge in [-0.3, -0.25) is 4.79 Å². The summed E-state index contributed by atoms with van der Waals surface area (Å²) in [6.07, 6.45) is 1.73. The van der Waals surface area contributed by atoms with Crippen molar-refractivity contribution >= 4 is 16.2 Å². The molecule has 1 fully saturated rings. The second kappa shape index (κ2) is 5.76. The van der Waals surface area contributed by atoms with Crippen LogP contribution < -0.4 is 4.72 Å². The summed E-state index contributed by atoms with van der Waals surface area (Å²) in [7, 11) is -3.83. The van der Waals surface area contributed by atoms with E-state index in [1.54, 1.807) is 0 Å². The Morgan fingerprint density at radius 3 is 2.71 bits per heavy atom. The molecule has 0 aromatic rings. The summed E-state index contributed by atoms with van der Waals surface area (Å²) < 4.78 is 26.9. The Bertz CT molecular complexity index is 370. The molecule has 2 unspecified atom stereocenters. The summed E-state index contributed by atoms with van der Waals surface area (Å²) >= 11 is 0. The third-order valence-corrected chi connectivity index (χ3v) is 4.33. The Morgan fingerprint density at radius 2 is 2.24 bits per heavy atom. The van der Waals surface area contributed by atoms with Crippen LogP contribution in [0.25, 0.3) is 0 Å². The smallest absolute Gasteiger partial charge is 0.324 e. The molecule has 1 aliphatic heterocycles. The Hall–Kier alpha value is -0.700. The molecular weight excluding hydrogens is 248 g/mol. The van der Waals surface area contributed by atoms with Crippen LogP contribution in [-0.4, -0.2) is 54.6 Å². The van der Waals surface area contributed by atoms with Gasteiger partial charge in [-0.25, -0.2) is 0 Å². The first-order chi connectivity index (χ1) is 7.86. The maximum Gasteiger partial charge on any atom is 0.324 e. The Kier molecular flexibility index (Phi) is 4.87. The zero-order valence-corrected chi connectivity index (χ0v) is 10.5. The lowest BCUT2D eigenvalue weighted by atomic mass is 10.0. The van der Waals surface area contributed by atoms with Crippen molar-refractivity contribution in [2.24, 2.45) is 5.92 Å². The number of aliphatic carboxylic acids is 1. The van der Waals surface area contributed by atoms with Crippen LogP contribution in [0, 0.1) is 5.92 Å². The van der Waals surface area contributed by atoms with Crippen molar-refractivity contribution in [3.63, 3.8) is 0 Å². The fraction of sp³-hybridized carbons (Fsp3) is 0.889. The molecule has 3 N–H and O–H groups in total. The van der Waals surface area contributed by atoms with Gasteiger partial charge in [-0.05, 0) is 18.8 Å². The van der Waals surface area contributed by atoms with Crippen LogP contribution in [0.2, 0.25) is 0 Å². The maximum atomic E-state index is 11.8. The van der Waals surface area contributed by atoms with E-state index in [2.05, 4.69) is 0 Å². The number of carboxylic acid groups (broad SMARTS) is 1. The highest BCUT2D eigenvalue weighted by Gasteiger charge is 2.31.